The topological polar surface area (TPSA) is 55.8 Å². The maximum atomic E-state index is 12.7. The molecular weight excluding hydrogens is 389 g/mol. The summed E-state index contributed by atoms with van der Waals surface area (Å²) in [7, 11) is 1.43. The number of hydrogen-bond acceptors (Lipinski definition) is 4. The number of rotatable bonds is 4. The lowest BCUT2D eigenvalue weighted by Crippen LogP contribution is -2.42. The van der Waals surface area contributed by atoms with Crippen LogP contribution in [0.5, 0.6) is 5.75 Å². The molecule has 2 aromatic rings. The molecule has 0 bridgehead atoms. The van der Waals surface area contributed by atoms with Gasteiger partial charge >= 0.3 is 5.97 Å². The van der Waals surface area contributed by atoms with Crippen molar-refractivity contribution < 1.29 is 19.1 Å². The second kappa shape index (κ2) is 8.19. The van der Waals surface area contributed by atoms with Gasteiger partial charge in [0.25, 0.3) is 5.91 Å². The van der Waals surface area contributed by atoms with Crippen LogP contribution in [0.4, 0.5) is 0 Å². The Morgan fingerprint density at radius 2 is 1.74 bits per heavy atom. The largest absolute Gasteiger partial charge is 0.494 e. The first-order chi connectivity index (χ1) is 12.9. The summed E-state index contributed by atoms with van der Waals surface area (Å²) in [6, 6.07) is 10.8. The Morgan fingerprint density at radius 1 is 1.11 bits per heavy atom. The SMILES string of the molecule is COc1c(Cl)cc(C(=O)O[C@H](C)C(=O)N2CCc3ccccc3C2)cc1Cl. The van der Waals surface area contributed by atoms with Gasteiger partial charge in [0.15, 0.2) is 11.9 Å². The van der Waals surface area contributed by atoms with Crippen LogP contribution >= 0.6 is 23.2 Å². The van der Waals surface area contributed by atoms with Crippen molar-refractivity contribution in [1.82, 2.24) is 4.90 Å². The van der Waals surface area contributed by atoms with Crippen LogP contribution < -0.4 is 4.74 Å². The fraction of sp³-hybridized carbons (Fsp3) is 0.300. The number of hydrogen-bond donors (Lipinski definition) is 0. The Balaban J connectivity index is 1.67. The third kappa shape index (κ3) is 4.20. The molecule has 2 aromatic carbocycles. The van der Waals surface area contributed by atoms with Crippen molar-refractivity contribution in [1.29, 1.82) is 0 Å². The molecular formula is C20H19Cl2NO4. The van der Waals surface area contributed by atoms with Crippen molar-refractivity contribution in [3.63, 3.8) is 0 Å². The van der Waals surface area contributed by atoms with Crippen molar-refractivity contribution in [2.45, 2.75) is 26.0 Å². The van der Waals surface area contributed by atoms with E-state index in [-0.39, 0.29) is 27.3 Å². The summed E-state index contributed by atoms with van der Waals surface area (Å²) in [5, 5.41) is 0.395. The number of nitrogens with zero attached hydrogens (tertiary/aromatic N) is 1. The molecule has 1 aliphatic heterocycles. The summed E-state index contributed by atoms with van der Waals surface area (Å²) in [6.45, 7) is 2.67. The second-order valence-corrected chi connectivity index (χ2v) is 7.11. The summed E-state index contributed by atoms with van der Waals surface area (Å²) in [6.07, 6.45) is -0.130. The molecule has 142 valence electrons. The zero-order chi connectivity index (χ0) is 19.6. The molecule has 1 aliphatic rings. The number of fused-ring (bicyclic) bond motifs is 1. The molecule has 1 atom stereocenters. The van der Waals surface area contributed by atoms with Gasteiger partial charge in [-0.05, 0) is 36.6 Å². The first-order valence-corrected chi connectivity index (χ1v) is 9.26. The molecule has 0 saturated carbocycles. The zero-order valence-electron chi connectivity index (χ0n) is 15.0. The van der Waals surface area contributed by atoms with Crippen molar-refractivity contribution in [3.05, 3.63) is 63.1 Å². The molecule has 0 aromatic heterocycles. The van der Waals surface area contributed by atoms with Gasteiger partial charge in [0.05, 0.1) is 22.7 Å². The van der Waals surface area contributed by atoms with Gasteiger partial charge in [-0.25, -0.2) is 4.79 Å². The van der Waals surface area contributed by atoms with Crippen LogP contribution in [-0.2, 0) is 22.5 Å². The van der Waals surface area contributed by atoms with Gasteiger partial charge < -0.3 is 14.4 Å². The van der Waals surface area contributed by atoms with E-state index in [1.165, 1.54) is 24.8 Å². The van der Waals surface area contributed by atoms with E-state index in [1.54, 1.807) is 11.8 Å². The summed E-state index contributed by atoms with van der Waals surface area (Å²) >= 11 is 12.1. The van der Waals surface area contributed by atoms with Crippen LogP contribution in [0.15, 0.2) is 36.4 Å². The molecule has 0 N–H and O–H groups in total. The first-order valence-electron chi connectivity index (χ1n) is 8.50. The summed E-state index contributed by atoms with van der Waals surface area (Å²) < 4.78 is 10.4. The predicted octanol–water partition coefficient (Wildman–Crippen LogP) is 4.13. The van der Waals surface area contributed by atoms with Crippen molar-refractivity contribution >= 4 is 35.1 Å². The molecule has 0 radical (unpaired) electrons. The predicted molar refractivity (Wildman–Crippen MR) is 103 cm³/mol. The molecule has 7 heteroatoms. The Labute approximate surface area is 167 Å². The van der Waals surface area contributed by atoms with E-state index < -0.39 is 12.1 Å². The first kappa shape index (κ1) is 19.5. The van der Waals surface area contributed by atoms with Gasteiger partial charge in [-0.3, -0.25) is 4.79 Å². The third-order valence-corrected chi connectivity index (χ3v) is 5.07. The standard InChI is InChI=1S/C20H19Cl2NO4/c1-12(19(24)23-8-7-13-5-3-4-6-14(13)11-23)27-20(25)15-9-16(21)18(26-2)17(22)10-15/h3-6,9-10,12H,7-8,11H2,1-2H3/t12-/m1/s1. The lowest BCUT2D eigenvalue weighted by Gasteiger charge is -2.30. The molecule has 1 amide bonds. The number of benzene rings is 2. The Morgan fingerprint density at radius 3 is 2.37 bits per heavy atom. The minimum absolute atomic E-state index is 0.162. The van der Waals surface area contributed by atoms with E-state index in [2.05, 4.69) is 6.07 Å². The van der Waals surface area contributed by atoms with E-state index in [0.717, 1.165) is 12.0 Å². The molecule has 0 saturated heterocycles. The lowest BCUT2D eigenvalue weighted by molar-refractivity contribution is -0.140. The highest BCUT2D eigenvalue weighted by atomic mass is 35.5. The monoisotopic (exact) mass is 407 g/mol. The summed E-state index contributed by atoms with van der Waals surface area (Å²) in [5.74, 6) is -0.616. The third-order valence-electron chi connectivity index (χ3n) is 4.51. The maximum absolute atomic E-state index is 12.7. The minimum atomic E-state index is -0.914. The minimum Gasteiger partial charge on any atom is -0.494 e. The Kier molecular flexibility index (Phi) is 5.92. The number of halogens is 2. The molecule has 3 rings (SSSR count). The van der Waals surface area contributed by atoms with Crippen LogP contribution in [0.2, 0.25) is 10.0 Å². The summed E-state index contributed by atoms with van der Waals surface area (Å²) in [4.78, 5) is 26.8. The van der Waals surface area contributed by atoms with E-state index in [4.69, 9.17) is 32.7 Å². The number of esters is 1. The highest BCUT2D eigenvalue weighted by Crippen LogP contribution is 2.34. The molecule has 5 nitrogen and oxygen atoms in total. The molecule has 0 aliphatic carbocycles. The van der Waals surface area contributed by atoms with Crippen molar-refractivity contribution in [2.24, 2.45) is 0 Å². The van der Waals surface area contributed by atoms with E-state index in [1.807, 2.05) is 18.2 Å². The molecule has 0 unspecified atom stereocenters. The second-order valence-electron chi connectivity index (χ2n) is 6.30. The lowest BCUT2D eigenvalue weighted by atomic mass is 9.99. The van der Waals surface area contributed by atoms with Crippen molar-refractivity contribution in [2.75, 3.05) is 13.7 Å². The normalized spacial score (nSPS) is 14.3. The smallest absolute Gasteiger partial charge is 0.339 e. The number of carbonyl (C=O) groups is 2. The van der Waals surface area contributed by atoms with Gasteiger partial charge in [0, 0.05) is 13.1 Å². The summed E-state index contributed by atoms with van der Waals surface area (Å²) in [5.41, 5.74) is 2.52. The van der Waals surface area contributed by atoms with Gasteiger partial charge in [0.2, 0.25) is 0 Å². The highest BCUT2D eigenvalue weighted by molar-refractivity contribution is 6.37. The number of ether oxygens (including phenoxy) is 2. The Hall–Kier alpha value is -2.24. The number of carbonyl (C=O) groups excluding carboxylic acids is 2. The van der Waals surface area contributed by atoms with Gasteiger partial charge in [-0.1, -0.05) is 47.5 Å². The van der Waals surface area contributed by atoms with Crippen LogP contribution in [0.25, 0.3) is 0 Å². The molecule has 27 heavy (non-hydrogen) atoms. The van der Waals surface area contributed by atoms with Gasteiger partial charge in [-0.2, -0.15) is 0 Å². The van der Waals surface area contributed by atoms with Crippen molar-refractivity contribution in [3.8, 4) is 5.75 Å². The van der Waals surface area contributed by atoms with Gasteiger partial charge in [-0.15, -0.1) is 0 Å². The Bertz CT molecular complexity index is 861. The maximum Gasteiger partial charge on any atom is 0.339 e. The highest BCUT2D eigenvalue weighted by Gasteiger charge is 2.27. The zero-order valence-corrected chi connectivity index (χ0v) is 16.5. The molecule has 0 spiro atoms. The average Bonchev–Trinajstić information content (AvgIpc) is 2.66. The van der Waals surface area contributed by atoms with Crippen LogP contribution in [-0.4, -0.2) is 36.5 Å². The fourth-order valence-corrected chi connectivity index (χ4v) is 3.73. The van der Waals surface area contributed by atoms with E-state index in [9.17, 15) is 9.59 Å². The molecule has 1 heterocycles. The number of amides is 1. The van der Waals surface area contributed by atoms with Crippen LogP contribution in [0.3, 0.4) is 0 Å². The van der Waals surface area contributed by atoms with E-state index >= 15 is 0 Å². The quantitative estimate of drug-likeness (QED) is 0.714. The number of methoxy groups -OCH3 is 1. The molecule has 0 fully saturated rings. The average molecular weight is 408 g/mol. The van der Waals surface area contributed by atoms with E-state index in [0.29, 0.717) is 13.1 Å². The van der Waals surface area contributed by atoms with Gasteiger partial charge in [0.1, 0.15) is 0 Å². The van der Waals surface area contributed by atoms with Crippen LogP contribution in [0, 0.1) is 0 Å². The fourth-order valence-electron chi connectivity index (χ4n) is 3.09. The van der Waals surface area contributed by atoms with Crippen LogP contribution in [0.1, 0.15) is 28.4 Å².